The zero-order chi connectivity index (χ0) is 98.2. The number of hydrogen-bond acceptors (Lipinski definition) is 27. The number of nitrogen functional groups attached to an aromatic ring is 6. The molecule has 0 radical (unpaired) electrons. The third-order valence-electron chi connectivity index (χ3n) is 33.5. The first kappa shape index (κ1) is 95.1. The number of rotatable bonds is 21. The maximum atomic E-state index is 5.90. The second-order valence-electron chi connectivity index (χ2n) is 44.7. The van der Waals surface area contributed by atoms with Crippen molar-refractivity contribution < 1.29 is 23.7 Å². The number of aryl methyl sites for hydroxylation is 6. The lowest BCUT2D eigenvalue weighted by molar-refractivity contribution is -0.0909. The molecule has 8 aliphatic carbocycles. The first-order chi connectivity index (χ1) is 69.3. The second kappa shape index (κ2) is 39.2. The molecule has 0 amide bonds. The van der Waals surface area contributed by atoms with Crippen LogP contribution in [0.3, 0.4) is 0 Å². The van der Waals surface area contributed by atoms with E-state index in [0.29, 0.717) is 95.0 Å². The van der Waals surface area contributed by atoms with Gasteiger partial charge in [0.05, 0.1) is 118 Å². The Kier molecular flexibility index (Phi) is 26.1. The van der Waals surface area contributed by atoms with Crippen molar-refractivity contribution in [3.05, 3.63) is 179 Å². The Hall–Kier alpha value is -11.4. The molecule has 0 bridgehead atoms. The highest BCUT2D eigenvalue weighted by Gasteiger charge is 2.62. The lowest BCUT2D eigenvalue weighted by atomic mass is 10.0. The average Bonchev–Trinajstić information content (AvgIpc) is 1.55. The van der Waals surface area contributed by atoms with Crippen molar-refractivity contribution in [2.45, 2.75) is 239 Å². The van der Waals surface area contributed by atoms with Gasteiger partial charge in [0.2, 0.25) is 0 Å². The van der Waals surface area contributed by atoms with Crippen LogP contribution in [0.25, 0.3) is 67.5 Å². The fourth-order valence-corrected chi connectivity index (χ4v) is 23.8. The monoisotopic (exact) mass is 1940 g/mol. The van der Waals surface area contributed by atoms with Crippen molar-refractivity contribution in [2.24, 2.45) is 53.3 Å². The molecule has 14 fully saturated rings. The Morgan fingerprint density at radius 3 is 1.19 bits per heavy atom. The third-order valence-corrected chi connectivity index (χ3v) is 33.5. The van der Waals surface area contributed by atoms with Gasteiger partial charge in [-0.1, -0.05) is 27.7 Å². The van der Waals surface area contributed by atoms with Crippen LogP contribution in [0.4, 0.5) is 34.9 Å². The van der Waals surface area contributed by atoms with Crippen LogP contribution in [0.5, 0.6) is 0 Å². The number of piperidine rings is 2. The number of fused-ring (bicyclic) bond motifs is 5. The van der Waals surface area contributed by atoms with E-state index in [-0.39, 0.29) is 6.10 Å². The van der Waals surface area contributed by atoms with E-state index in [9.17, 15) is 0 Å². The van der Waals surface area contributed by atoms with E-state index < -0.39 is 0 Å². The number of anilines is 6. The Labute approximate surface area is 838 Å². The second-order valence-corrected chi connectivity index (χ2v) is 44.7. The maximum Gasteiger partial charge on any atom is 0.138 e. The lowest BCUT2D eigenvalue weighted by Gasteiger charge is -2.44. The van der Waals surface area contributed by atoms with Crippen LogP contribution in [0.15, 0.2) is 111 Å². The van der Waals surface area contributed by atoms with Gasteiger partial charge in [0.1, 0.15) is 76.0 Å². The van der Waals surface area contributed by atoms with Crippen LogP contribution in [-0.4, -0.2) is 236 Å². The Balaban J connectivity index is 0.0000000959. The summed E-state index contributed by atoms with van der Waals surface area (Å²) in [6.07, 6.45) is 38.6. The van der Waals surface area contributed by atoms with E-state index in [1.165, 1.54) is 120 Å². The molecule has 143 heavy (non-hydrogen) atoms. The highest BCUT2D eigenvalue weighted by Crippen LogP contribution is 2.63. The molecule has 0 spiro atoms. The van der Waals surface area contributed by atoms with Gasteiger partial charge in [0.25, 0.3) is 0 Å². The van der Waals surface area contributed by atoms with E-state index in [1.54, 1.807) is 6.20 Å². The van der Waals surface area contributed by atoms with Crippen LogP contribution in [-0.2, 0) is 49.7 Å². The van der Waals surface area contributed by atoms with Crippen LogP contribution in [0.1, 0.15) is 215 Å². The molecule has 8 aliphatic heterocycles. The maximum absolute atomic E-state index is 5.90. The summed E-state index contributed by atoms with van der Waals surface area (Å²) in [6, 6.07) is 17.5. The molecule has 8 saturated carbocycles. The molecule has 6 saturated heterocycles. The molecule has 754 valence electrons. The van der Waals surface area contributed by atoms with Crippen LogP contribution < -0.4 is 34.4 Å². The molecule has 12 aromatic rings. The summed E-state index contributed by atoms with van der Waals surface area (Å²) in [5.41, 5.74) is 53.5. The summed E-state index contributed by atoms with van der Waals surface area (Å²) in [4.78, 5) is 65.9. The predicted molar refractivity (Wildman–Crippen MR) is 554 cm³/mol. The summed E-state index contributed by atoms with van der Waals surface area (Å²) in [5, 5.41) is 0. The molecular formula is C110H144N28O5. The van der Waals surface area contributed by atoms with Gasteiger partial charge in [0.15, 0.2) is 0 Å². The van der Waals surface area contributed by atoms with Gasteiger partial charge < -0.3 is 85.5 Å². The van der Waals surface area contributed by atoms with Gasteiger partial charge in [-0.15, -0.1) is 0 Å². The topological polar surface area (TPSA) is 399 Å². The molecule has 6 unspecified atom stereocenters. The first-order valence-corrected chi connectivity index (χ1v) is 53.0. The Bertz CT molecular complexity index is 6430. The van der Waals surface area contributed by atoms with Crippen LogP contribution >= 0.6 is 0 Å². The molecule has 16 aliphatic rings. The minimum absolute atomic E-state index is 0.0512. The molecule has 28 rings (SSSR count). The highest BCUT2D eigenvalue weighted by molar-refractivity contribution is 5.67. The number of pyridine rings is 6. The zero-order valence-corrected chi connectivity index (χ0v) is 85.1. The van der Waals surface area contributed by atoms with Crippen molar-refractivity contribution in [3.63, 3.8) is 0 Å². The SMILES string of the molecule is Cc1cc(-c2cn(C3CC3)c(C(C)C)n2)cnc1N.Cc1cc(-c2cn(C3[C@H]4CC(N5CCOCC5)C[C@@H]34)c(C(C)C)n2)cnc1N.Cc1cc(-c2cn(C3[C@H]4CN(C5COC5)C[C@@H]34)c(CC3CC3)n2)cnc1N.Cc1cc(-c2cn(CC3CC3)c(C3[C@H]4CN(C5COC5)C[C@@H]34)n2)cnc1N.Cc1cc(-c2cn3c(n2)C(C)OCC3)cnc1N.Cc1cc(-c2cn3c(n2)C(C2CC2)N(C2COC2)CC3)cnc1N. The molecule has 33 nitrogen and oxygen atoms in total. The molecule has 20 heterocycles. The number of ether oxygens (including phenoxy) is 5. The highest BCUT2D eigenvalue weighted by atomic mass is 16.5. The van der Waals surface area contributed by atoms with Crippen molar-refractivity contribution in [1.29, 1.82) is 0 Å². The van der Waals surface area contributed by atoms with Crippen molar-refractivity contribution in [3.8, 4) is 67.5 Å². The first-order valence-electron chi connectivity index (χ1n) is 53.0. The molecule has 12 atom stereocenters. The fourth-order valence-electron chi connectivity index (χ4n) is 23.8. The normalized spacial score (nSPS) is 25.8. The van der Waals surface area contributed by atoms with Gasteiger partial charge in [-0.05, 0) is 236 Å². The van der Waals surface area contributed by atoms with Gasteiger partial charge >= 0.3 is 0 Å². The molecule has 33 heteroatoms. The largest absolute Gasteiger partial charge is 0.383 e. The van der Waals surface area contributed by atoms with Crippen molar-refractivity contribution in [1.82, 2.24) is 107 Å². The molecule has 12 N–H and O–H groups in total. The number of nitrogens with two attached hydrogens (primary N) is 6. The molecule has 0 aromatic carbocycles. The zero-order valence-electron chi connectivity index (χ0n) is 85.1. The summed E-state index contributed by atoms with van der Waals surface area (Å²) >= 11 is 0. The van der Waals surface area contributed by atoms with E-state index in [1.807, 2.05) is 85.5 Å². The third kappa shape index (κ3) is 19.9. The van der Waals surface area contributed by atoms with Gasteiger partial charge in [-0.3, -0.25) is 19.6 Å². The lowest BCUT2D eigenvalue weighted by Crippen LogP contribution is -2.54. The number of morpholine rings is 1. The number of nitrogens with zero attached hydrogens (tertiary/aromatic N) is 22. The predicted octanol–water partition coefficient (Wildman–Crippen LogP) is 15.0. The summed E-state index contributed by atoms with van der Waals surface area (Å²) < 4.78 is 41.6. The molecule has 12 aromatic heterocycles. The smallest absolute Gasteiger partial charge is 0.138 e. The van der Waals surface area contributed by atoms with Crippen molar-refractivity contribution in [2.75, 3.05) is 140 Å². The Morgan fingerprint density at radius 2 is 0.762 bits per heavy atom. The van der Waals surface area contributed by atoms with E-state index in [4.69, 9.17) is 83.0 Å². The fraction of sp³-hybridized carbons (Fsp3) is 0.564. The number of likely N-dealkylation sites (tertiary alicyclic amines) is 2. The number of imidazole rings is 6. The minimum atomic E-state index is 0.0512. The minimum Gasteiger partial charge on any atom is -0.383 e. The van der Waals surface area contributed by atoms with Crippen LogP contribution in [0, 0.1) is 94.8 Å². The van der Waals surface area contributed by atoms with Crippen LogP contribution in [0.2, 0.25) is 0 Å². The number of aromatic nitrogens is 18. The average molecular weight is 1940 g/mol. The molecular weight excluding hydrogens is 1790 g/mol. The summed E-state index contributed by atoms with van der Waals surface area (Å²) in [6.45, 7) is 42.0. The standard InChI is InChI=1S/C22H31N5O.2C21H27N5O.C18H23N5O.C15H20N4.C13H16N4O/c1-13(2)22-25-19(15-8-14(3)21(23)24-11-15)12-27(22)20-17-9-16(10-18(17)20)26-4-6-28-7-5-26;1-12-4-14(5-23-20(12)22)18-9-26(6-13-2-3-13)21(24-18)19-16-7-25(8-17(16)19)15-10-27-11-15;1-12-4-14(6-23-21(12)22)18-9-26(19(24-18)5-13-2-3-13)20-16-7-25(8-17(16)20)15-10-27-11-15;1-11-6-13(7-20-17(11)19)15-8-22-4-5-23(14-9-24-10-14)16(12-2-3-12)18(22)21-15;1-9(2)15-18-13(8-19(15)12-4-5-12)11-6-10(3)14(16)17-7-11;1-8-5-10(6-15-12(8)14)11-7-17-3-4-18-9(2)13(17)16-11/h8,11-13,16-18,20H,4-7,9-10H2,1-3H3,(H2,23,24);4-5,9,13,15-17,19H,2-3,6-8,10-11H2,1H3,(H2,22,23);4,6,9,13,15-17,20H,2-3,5,7-8,10-11H2,1H3,(H2,22,23);6-8,12,14,16H,2-5,9-10H2,1H3,(H2,19,20);6-9,12H,4-5H2,1-3H3,(H2,16,17);5-7,9H,3-4H2,1-2H3,(H2,14,15)/t16?,17-,18+,20?;16-,17+,19?;16-,17+,20?;;;. The quantitative estimate of drug-likeness (QED) is 0.0389. The summed E-state index contributed by atoms with van der Waals surface area (Å²) in [5.74, 6) is 19.4. The van der Waals surface area contributed by atoms with Gasteiger partial charge in [0, 0.05) is 222 Å². The van der Waals surface area contributed by atoms with E-state index in [0.717, 1.165) is 271 Å². The van der Waals surface area contributed by atoms with E-state index >= 15 is 0 Å². The summed E-state index contributed by atoms with van der Waals surface area (Å²) in [7, 11) is 0. The van der Waals surface area contributed by atoms with Crippen molar-refractivity contribution >= 4 is 34.9 Å². The van der Waals surface area contributed by atoms with Gasteiger partial charge in [-0.2, -0.15) is 0 Å². The number of hydrogen-bond donors (Lipinski definition) is 6. The Morgan fingerprint density at radius 1 is 0.357 bits per heavy atom. The van der Waals surface area contributed by atoms with Gasteiger partial charge in [-0.25, -0.2) is 59.8 Å². The van der Waals surface area contributed by atoms with E-state index in [2.05, 4.69) is 177 Å².